The van der Waals surface area contributed by atoms with Gasteiger partial charge in [0.15, 0.2) is 0 Å². The first-order valence-electron chi connectivity index (χ1n) is 7.06. The van der Waals surface area contributed by atoms with Gasteiger partial charge in [-0.2, -0.15) is 0 Å². The Hall–Kier alpha value is -1.51. The maximum atomic E-state index is 12.4. The number of carbonyl (C=O) groups is 1. The lowest BCUT2D eigenvalue weighted by atomic mass is 9.86. The molecule has 1 aromatic carbocycles. The molecule has 0 bridgehead atoms. The third-order valence-electron chi connectivity index (χ3n) is 4.24. The fraction of sp³-hybridized carbons (Fsp3) is 0.562. The Morgan fingerprint density at radius 3 is 2.47 bits per heavy atom. The van der Waals surface area contributed by atoms with Gasteiger partial charge < -0.3 is 10.0 Å². The first-order chi connectivity index (χ1) is 8.99. The molecule has 1 aliphatic carbocycles. The molecule has 1 N–H and O–H groups in total. The number of aryl methyl sites for hydroxylation is 1. The third kappa shape index (κ3) is 3.09. The summed E-state index contributed by atoms with van der Waals surface area (Å²) in [4.78, 5) is 14.2. The van der Waals surface area contributed by atoms with Crippen molar-refractivity contribution in [2.24, 2.45) is 5.92 Å². The van der Waals surface area contributed by atoms with Crippen LogP contribution in [0.1, 0.15) is 48.5 Å². The van der Waals surface area contributed by atoms with Crippen LogP contribution in [0, 0.1) is 12.8 Å². The van der Waals surface area contributed by atoms with Gasteiger partial charge in [0.1, 0.15) is 5.75 Å². The zero-order chi connectivity index (χ0) is 14.0. The summed E-state index contributed by atoms with van der Waals surface area (Å²) in [7, 11) is 1.85. The highest BCUT2D eigenvalue weighted by Gasteiger charge is 2.26. The number of phenolic OH excluding ortho intramolecular Hbond substituents is 1. The van der Waals surface area contributed by atoms with Gasteiger partial charge in [-0.1, -0.05) is 13.0 Å². The summed E-state index contributed by atoms with van der Waals surface area (Å²) >= 11 is 0. The minimum absolute atomic E-state index is 0.0722. The van der Waals surface area contributed by atoms with Crippen LogP contribution in [0.2, 0.25) is 0 Å². The van der Waals surface area contributed by atoms with Gasteiger partial charge in [-0.15, -0.1) is 0 Å². The van der Waals surface area contributed by atoms with Crippen LogP contribution >= 0.6 is 0 Å². The molecule has 0 aliphatic heterocycles. The molecule has 1 saturated carbocycles. The van der Waals surface area contributed by atoms with Crippen LogP contribution in [0.15, 0.2) is 18.2 Å². The highest BCUT2D eigenvalue weighted by Crippen LogP contribution is 2.28. The molecule has 3 nitrogen and oxygen atoms in total. The Labute approximate surface area is 115 Å². The monoisotopic (exact) mass is 261 g/mol. The van der Waals surface area contributed by atoms with E-state index in [4.69, 9.17) is 0 Å². The van der Waals surface area contributed by atoms with Crippen LogP contribution in [-0.4, -0.2) is 29.0 Å². The zero-order valence-corrected chi connectivity index (χ0v) is 12.0. The van der Waals surface area contributed by atoms with Crippen LogP contribution in [0.25, 0.3) is 0 Å². The van der Waals surface area contributed by atoms with Crippen molar-refractivity contribution < 1.29 is 9.90 Å². The SMILES string of the molecule is Cc1ccc(C(=O)N(C)C2CCC(C)CC2)c(O)c1. The Morgan fingerprint density at radius 1 is 1.26 bits per heavy atom. The minimum atomic E-state index is -0.0722. The van der Waals surface area contributed by atoms with Gasteiger partial charge in [-0.25, -0.2) is 0 Å². The molecular formula is C16H23NO2. The average molecular weight is 261 g/mol. The lowest BCUT2D eigenvalue weighted by Crippen LogP contribution is -2.39. The smallest absolute Gasteiger partial charge is 0.257 e. The van der Waals surface area contributed by atoms with Gasteiger partial charge in [-0.3, -0.25) is 4.79 Å². The molecule has 0 unspecified atom stereocenters. The highest BCUT2D eigenvalue weighted by atomic mass is 16.3. The van der Waals surface area contributed by atoms with E-state index in [2.05, 4.69) is 6.92 Å². The molecule has 104 valence electrons. The van der Waals surface area contributed by atoms with E-state index >= 15 is 0 Å². The van der Waals surface area contributed by atoms with E-state index in [1.807, 2.05) is 20.0 Å². The Bertz CT molecular complexity index is 462. The molecule has 0 radical (unpaired) electrons. The van der Waals surface area contributed by atoms with Gasteiger partial charge in [0.25, 0.3) is 5.91 Å². The standard InChI is InChI=1S/C16H23NO2/c1-11-4-7-13(8-5-11)17(3)16(19)14-9-6-12(2)10-15(14)18/h6,9-11,13,18H,4-5,7-8H2,1-3H3. The van der Waals surface area contributed by atoms with Crippen molar-refractivity contribution in [1.29, 1.82) is 0 Å². The predicted molar refractivity (Wildman–Crippen MR) is 76.4 cm³/mol. The van der Waals surface area contributed by atoms with Crippen molar-refractivity contribution in [2.75, 3.05) is 7.05 Å². The molecule has 0 heterocycles. The van der Waals surface area contributed by atoms with E-state index in [0.717, 1.165) is 24.3 Å². The summed E-state index contributed by atoms with van der Waals surface area (Å²) in [6.45, 7) is 4.17. The zero-order valence-electron chi connectivity index (χ0n) is 12.0. The summed E-state index contributed by atoms with van der Waals surface area (Å²) in [5, 5.41) is 9.90. The summed E-state index contributed by atoms with van der Waals surface area (Å²) in [5.41, 5.74) is 1.37. The van der Waals surface area contributed by atoms with Crippen LogP contribution in [-0.2, 0) is 0 Å². The summed E-state index contributed by atoms with van der Waals surface area (Å²) < 4.78 is 0. The first kappa shape index (κ1) is 13.9. The number of rotatable bonds is 2. The maximum absolute atomic E-state index is 12.4. The van der Waals surface area contributed by atoms with Crippen molar-refractivity contribution in [3.8, 4) is 5.75 Å². The van der Waals surface area contributed by atoms with E-state index in [-0.39, 0.29) is 11.7 Å². The second-order valence-electron chi connectivity index (χ2n) is 5.85. The van der Waals surface area contributed by atoms with Crippen LogP contribution in [0.3, 0.4) is 0 Å². The van der Waals surface area contributed by atoms with E-state index in [1.54, 1.807) is 17.0 Å². The fourth-order valence-electron chi connectivity index (χ4n) is 2.81. The van der Waals surface area contributed by atoms with Crippen LogP contribution in [0.4, 0.5) is 0 Å². The normalized spacial score (nSPS) is 23.1. The number of nitrogens with zero attached hydrogens (tertiary/aromatic N) is 1. The Morgan fingerprint density at radius 2 is 1.89 bits per heavy atom. The molecule has 0 atom stereocenters. The van der Waals surface area contributed by atoms with Gasteiger partial charge in [0.2, 0.25) is 0 Å². The number of carbonyl (C=O) groups excluding carboxylic acids is 1. The molecule has 1 aliphatic rings. The topological polar surface area (TPSA) is 40.5 Å². The van der Waals surface area contributed by atoms with E-state index < -0.39 is 0 Å². The summed E-state index contributed by atoms with van der Waals surface area (Å²) in [6, 6.07) is 5.53. The van der Waals surface area contributed by atoms with Crippen molar-refractivity contribution in [2.45, 2.75) is 45.6 Å². The molecule has 1 aromatic rings. The van der Waals surface area contributed by atoms with Crippen molar-refractivity contribution >= 4 is 5.91 Å². The quantitative estimate of drug-likeness (QED) is 0.887. The van der Waals surface area contributed by atoms with E-state index in [0.29, 0.717) is 11.6 Å². The number of amides is 1. The molecule has 0 saturated heterocycles. The predicted octanol–water partition coefficient (Wildman–Crippen LogP) is 3.35. The van der Waals surface area contributed by atoms with Gasteiger partial charge in [0, 0.05) is 13.1 Å². The third-order valence-corrected chi connectivity index (χ3v) is 4.24. The molecule has 0 spiro atoms. The first-order valence-corrected chi connectivity index (χ1v) is 7.06. The highest BCUT2D eigenvalue weighted by molar-refractivity contribution is 5.96. The van der Waals surface area contributed by atoms with Crippen molar-refractivity contribution in [3.05, 3.63) is 29.3 Å². The number of aromatic hydroxyl groups is 1. The number of hydrogen-bond donors (Lipinski definition) is 1. The Balaban J connectivity index is 2.10. The minimum Gasteiger partial charge on any atom is -0.507 e. The van der Waals surface area contributed by atoms with Gasteiger partial charge in [0.05, 0.1) is 5.56 Å². The Kier molecular flexibility index (Phi) is 4.13. The number of hydrogen-bond acceptors (Lipinski definition) is 2. The maximum Gasteiger partial charge on any atom is 0.257 e. The molecule has 19 heavy (non-hydrogen) atoms. The lowest BCUT2D eigenvalue weighted by molar-refractivity contribution is 0.0676. The largest absolute Gasteiger partial charge is 0.507 e. The number of phenols is 1. The molecule has 0 aromatic heterocycles. The molecule has 1 fully saturated rings. The summed E-state index contributed by atoms with van der Waals surface area (Å²) in [5.74, 6) is 0.783. The average Bonchev–Trinajstić information content (AvgIpc) is 2.38. The molecule has 2 rings (SSSR count). The number of benzene rings is 1. The second-order valence-corrected chi connectivity index (χ2v) is 5.85. The van der Waals surface area contributed by atoms with E-state index in [9.17, 15) is 9.90 Å². The van der Waals surface area contributed by atoms with Gasteiger partial charge in [-0.05, 0) is 56.2 Å². The van der Waals surface area contributed by atoms with Gasteiger partial charge >= 0.3 is 0 Å². The van der Waals surface area contributed by atoms with E-state index in [1.165, 1.54) is 12.8 Å². The second kappa shape index (κ2) is 5.64. The molecular weight excluding hydrogens is 238 g/mol. The molecule has 1 amide bonds. The van der Waals surface area contributed by atoms with Crippen molar-refractivity contribution in [3.63, 3.8) is 0 Å². The van der Waals surface area contributed by atoms with Crippen LogP contribution in [0.5, 0.6) is 5.75 Å². The fourth-order valence-corrected chi connectivity index (χ4v) is 2.81. The summed E-state index contributed by atoms with van der Waals surface area (Å²) in [6.07, 6.45) is 4.50. The molecule has 3 heteroatoms. The lowest BCUT2D eigenvalue weighted by Gasteiger charge is -2.33. The van der Waals surface area contributed by atoms with Crippen LogP contribution < -0.4 is 0 Å². The van der Waals surface area contributed by atoms with Crippen molar-refractivity contribution in [1.82, 2.24) is 4.90 Å².